The van der Waals surface area contributed by atoms with Crippen LogP contribution in [0.3, 0.4) is 0 Å². The quantitative estimate of drug-likeness (QED) is 0.498. The van der Waals surface area contributed by atoms with Crippen LogP contribution in [0.25, 0.3) is 11.5 Å². The van der Waals surface area contributed by atoms with E-state index in [2.05, 4.69) is 4.98 Å². The van der Waals surface area contributed by atoms with Crippen molar-refractivity contribution in [2.75, 3.05) is 6.93 Å². The summed E-state index contributed by atoms with van der Waals surface area (Å²) >= 11 is 0. The second kappa shape index (κ2) is 7.29. The smallest absolute Gasteiger partial charge is 0.269 e. The van der Waals surface area contributed by atoms with E-state index in [4.69, 9.17) is 0 Å². The van der Waals surface area contributed by atoms with Crippen LogP contribution in [0.5, 0.6) is 0 Å². The molecule has 9 heteroatoms. The molecule has 0 aliphatic rings. The maximum Gasteiger partial charge on any atom is 0.274 e. The topological polar surface area (TPSA) is 56.4 Å². The summed E-state index contributed by atoms with van der Waals surface area (Å²) in [4.78, 5) is 27.2. The van der Waals surface area contributed by atoms with Gasteiger partial charge in [0, 0.05) is 12.3 Å². The summed E-state index contributed by atoms with van der Waals surface area (Å²) in [5.41, 5.74) is -0.0701. The van der Waals surface area contributed by atoms with Crippen LogP contribution < -0.4 is 11.1 Å². The van der Waals surface area contributed by atoms with Crippen molar-refractivity contribution in [1.29, 1.82) is 0 Å². The average molecular weight is 355 g/mol. The Hall–Kier alpha value is -2.97. The van der Waals surface area contributed by atoms with Gasteiger partial charge in [-0.15, -0.1) is 0 Å². The van der Waals surface area contributed by atoms with E-state index in [1.807, 2.05) is 0 Å². The Morgan fingerprint density at radius 2 is 1.64 bits per heavy atom. The van der Waals surface area contributed by atoms with Gasteiger partial charge in [0.15, 0.2) is 0 Å². The van der Waals surface area contributed by atoms with E-state index in [9.17, 15) is 27.2 Å². The van der Waals surface area contributed by atoms with Gasteiger partial charge in [0.25, 0.3) is 11.1 Å². The molecule has 0 unspecified atom stereocenters. The zero-order valence-electron chi connectivity index (χ0n) is 13.3. The lowest BCUT2D eigenvalue weighted by atomic mass is 10.1. The summed E-state index contributed by atoms with van der Waals surface area (Å²) < 4.78 is 49.1. The SMILES string of the molecule is Cc1cc(F)c(-n2c(=O)cc(F)n3ccc(=O)nc23)cc1C.FCF. The van der Waals surface area contributed by atoms with Gasteiger partial charge in [0.1, 0.15) is 5.82 Å². The van der Waals surface area contributed by atoms with Gasteiger partial charge in [-0.3, -0.25) is 14.0 Å². The third-order valence-corrected chi connectivity index (χ3v) is 3.49. The number of fused-ring (bicyclic) bond motifs is 1. The molecular weight excluding hydrogens is 342 g/mol. The van der Waals surface area contributed by atoms with Crippen LogP contribution in [0.15, 0.2) is 40.1 Å². The Morgan fingerprint density at radius 1 is 1.04 bits per heavy atom. The summed E-state index contributed by atoms with van der Waals surface area (Å²) in [5, 5.41) is 0. The van der Waals surface area contributed by atoms with Crippen LogP contribution >= 0.6 is 0 Å². The number of aromatic nitrogens is 3. The first-order valence-corrected chi connectivity index (χ1v) is 7.00. The van der Waals surface area contributed by atoms with Crippen molar-refractivity contribution in [3.05, 3.63) is 74.1 Å². The molecule has 25 heavy (non-hydrogen) atoms. The lowest BCUT2D eigenvalue weighted by Gasteiger charge is -2.13. The van der Waals surface area contributed by atoms with Gasteiger partial charge in [0.2, 0.25) is 18.7 Å². The zero-order valence-corrected chi connectivity index (χ0v) is 13.3. The monoisotopic (exact) mass is 355 g/mol. The molecule has 0 radical (unpaired) electrons. The highest BCUT2D eigenvalue weighted by atomic mass is 19.3. The first-order chi connectivity index (χ1) is 11.8. The van der Waals surface area contributed by atoms with Gasteiger partial charge in [0.05, 0.1) is 11.8 Å². The summed E-state index contributed by atoms with van der Waals surface area (Å²) in [7, 11) is 0. The van der Waals surface area contributed by atoms with Crippen molar-refractivity contribution < 1.29 is 17.6 Å². The maximum absolute atomic E-state index is 14.3. The van der Waals surface area contributed by atoms with Gasteiger partial charge < -0.3 is 0 Å². The Kier molecular flexibility index (Phi) is 5.35. The van der Waals surface area contributed by atoms with Gasteiger partial charge in [-0.2, -0.15) is 9.37 Å². The molecule has 1 aromatic carbocycles. The zero-order chi connectivity index (χ0) is 18.7. The number of benzene rings is 1. The van der Waals surface area contributed by atoms with E-state index < -0.39 is 29.8 Å². The molecule has 3 aromatic rings. The Balaban J connectivity index is 0.000000701. The van der Waals surface area contributed by atoms with Crippen LogP contribution in [0.2, 0.25) is 0 Å². The Morgan fingerprint density at radius 3 is 2.28 bits per heavy atom. The van der Waals surface area contributed by atoms with Crippen molar-refractivity contribution in [3.8, 4) is 5.69 Å². The summed E-state index contributed by atoms with van der Waals surface area (Å²) in [6, 6.07) is 4.51. The molecule has 0 bridgehead atoms. The minimum absolute atomic E-state index is 0.0799. The lowest BCUT2D eigenvalue weighted by Crippen LogP contribution is -2.26. The first-order valence-electron chi connectivity index (χ1n) is 7.00. The molecule has 0 saturated heterocycles. The molecular formula is C16H13F4N3O2. The molecule has 2 aromatic heterocycles. The molecule has 132 valence electrons. The van der Waals surface area contributed by atoms with Crippen LogP contribution in [0.1, 0.15) is 11.1 Å². The van der Waals surface area contributed by atoms with E-state index in [0.717, 1.165) is 26.8 Å². The van der Waals surface area contributed by atoms with Crippen molar-refractivity contribution >= 4 is 5.78 Å². The number of hydrogen-bond donors (Lipinski definition) is 0. The fourth-order valence-corrected chi connectivity index (χ4v) is 2.22. The van der Waals surface area contributed by atoms with Crippen molar-refractivity contribution in [2.24, 2.45) is 0 Å². The van der Waals surface area contributed by atoms with Crippen LogP contribution in [-0.4, -0.2) is 20.9 Å². The predicted molar refractivity (Wildman–Crippen MR) is 83.5 cm³/mol. The molecule has 0 saturated carbocycles. The highest BCUT2D eigenvalue weighted by molar-refractivity contribution is 5.47. The van der Waals surface area contributed by atoms with E-state index in [1.54, 1.807) is 13.8 Å². The van der Waals surface area contributed by atoms with Gasteiger partial charge in [-0.05, 0) is 37.1 Å². The molecule has 5 nitrogen and oxygen atoms in total. The minimum atomic E-state index is -1.75. The van der Waals surface area contributed by atoms with Crippen molar-refractivity contribution in [3.63, 3.8) is 0 Å². The molecule has 0 spiro atoms. The van der Waals surface area contributed by atoms with Gasteiger partial charge in [-0.25, -0.2) is 17.7 Å². The highest BCUT2D eigenvalue weighted by Gasteiger charge is 2.15. The Bertz CT molecular complexity index is 1040. The molecule has 0 amide bonds. The van der Waals surface area contributed by atoms with Gasteiger partial charge in [-0.1, -0.05) is 0 Å². The lowest BCUT2D eigenvalue weighted by molar-refractivity contribution is 0.295. The number of aryl methyl sites for hydroxylation is 2. The molecule has 0 atom stereocenters. The third kappa shape index (κ3) is 3.59. The van der Waals surface area contributed by atoms with E-state index >= 15 is 0 Å². The largest absolute Gasteiger partial charge is 0.274 e. The van der Waals surface area contributed by atoms with Crippen LogP contribution in [0.4, 0.5) is 17.6 Å². The fraction of sp³-hybridized carbons (Fsp3) is 0.188. The molecule has 0 aliphatic carbocycles. The Labute approximate surface area is 138 Å². The first kappa shape index (κ1) is 18.4. The minimum Gasteiger partial charge on any atom is -0.269 e. The molecule has 0 N–H and O–H groups in total. The van der Waals surface area contributed by atoms with E-state index in [-0.39, 0.29) is 11.5 Å². The number of hydrogen-bond acceptors (Lipinski definition) is 3. The maximum atomic E-state index is 14.3. The van der Waals surface area contributed by atoms with Crippen LogP contribution in [0, 0.1) is 25.6 Å². The second-order valence-corrected chi connectivity index (χ2v) is 5.07. The van der Waals surface area contributed by atoms with Crippen LogP contribution in [-0.2, 0) is 0 Å². The van der Waals surface area contributed by atoms with Gasteiger partial charge >= 0.3 is 0 Å². The second-order valence-electron chi connectivity index (χ2n) is 5.07. The highest BCUT2D eigenvalue weighted by Crippen LogP contribution is 2.18. The number of nitrogens with zero attached hydrogens (tertiary/aromatic N) is 3. The molecule has 3 rings (SSSR count). The third-order valence-electron chi connectivity index (χ3n) is 3.49. The predicted octanol–water partition coefficient (Wildman–Crippen LogP) is 2.62. The van der Waals surface area contributed by atoms with Crippen molar-refractivity contribution in [2.45, 2.75) is 13.8 Å². The molecule has 0 aliphatic heterocycles. The van der Waals surface area contributed by atoms with E-state index in [1.165, 1.54) is 12.1 Å². The summed E-state index contributed by atoms with van der Waals surface area (Å²) in [5.74, 6) is -1.82. The standard InChI is InChI=1S/C15H11F2N3O2.CH2F2/c1-8-5-10(16)11(6-9(8)2)20-14(22)7-12(17)19-4-3-13(21)18-15(19)20;2-1-3/h3-7H,1-2H3;1H2. The fourth-order valence-electron chi connectivity index (χ4n) is 2.22. The average Bonchev–Trinajstić information content (AvgIpc) is 2.52. The molecule has 0 fully saturated rings. The number of halogens is 4. The normalized spacial score (nSPS) is 10.5. The summed E-state index contributed by atoms with van der Waals surface area (Å²) in [6.45, 7) is 1.74. The number of rotatable bonds is 1. The van der Waals surface area contributed by atoms with E-state index in [0.29, 0.717) is 11.6 Å². The summed E-state index contributed by atoms with van der Waals surface area (Å²) in [6.07, 6.45) is 1.15. The number of alkyl halides is 2. The molecule has 2 heterocycles. The van der Waals surface area contributed by atoms with Crippen molar-refractivity contribution in [1.82, 2.24) is 14.0 Å².